The van der Waals surface area contributed by atoms with Gasteiger partial charge in [0.1, 0.15) is 5.69 Å². The van der Waals surface area contributed by atoms with Crippen molar-refractivity contribution in [3.05, 3.63) is 75.7 Å². The van der Waals surface area contributed by atoms with Crippen LogP contribution in [0.5, 0.6) is 0 Å². The number of para-hydroxylation sites is 2. The van der Waals surface area contributed by atoms with Crippen LogP contribution < -0.4 is 4.78 Å². The van der Waals surface area contributed by atoms with Gasteiger partial charge in [0.2, 0.25) is 0 Å². The molecule has 0 radical (unpaired) electrons. The summed E-state index contributed by atoms with van der Waals surface area (Å²) in [4.78, 5) is 14.4. The first-order valence-electron chi connectivity index (χ1n) is 13.4. The maximum atomic E-state index is 12.1. The van der Waals surface area contributed by atoms with Crippen molar-refractivity contribution in [1.82, 2.24) is 9.57 Å². The number of nitrogens with zero attached hydrogens (tertiary/aromatic N) is 6. The third-order valence-electron chi connectivity index (χ3n) is 7.90. The number of hydrogen-bond donors (Lipinski definition) is 0. The zero-order valence-corrected chi connectivity index (χ0v) is 22.6. The van der Waals surface area contributed by atoms with Gasteiger partial charge in [-0.3, -0.25) is 10.1 Å². The molecular formula is C28H35N6O2P. The number of likely N-dealkylation sites (tertiary alicyclic amines) is 1. The van der Waals surface area contributed by atoms with Crippen molar-refractivity contribution >= 4 is 30.1 Å². The predicted octanol–water partition coefficient (Wildman–Crippen LogP) is 7.36. The van der Waals surface area contributed by atoms with Crippen LogP contribution in [0, 0.1) is 15.5 Å². The van der Waals surface area contributed by atoms with E-state index in [0.29, 0.717) is 5.69 Å². The molecule has 194 valence electrons. The molecule has 0 aromatic heterocycles. The molecule has 2 fully saturated rings. The van der Waals surface area contributed by atoms with E-state index >= 15 is 0 Å². The van der Waals surface area contributed by atoms with Crippen molar-refractivity contribution in [3.63, 3.8) is 0 Å². The maximum Gasteiger partial charge on any atom is 0.294 e. The largest absolute Gasteiger partial charge is 0.374 e. The first-order valence-corrected chi connectivity index (χ1v) is 15.1. The molecule has 0 spiro atoms. The summed E-state index contributed by atoms with van der Waals surface area (Å²) in [5, 5.41) is 18.7. The molecule has 2 aromatic carbocycles. The van der Waals surface area contributed by atoms with Crippen molar-refractivity contribution in [2.45, 2.75) is 52.4 Å². The van der Waals surface area contributed by atoms with Gasteiger partial charge in [0, 0.05) is 37.9 Å². The number of hydrogen-bond acceptors (Lipinski definition) is 5. The van der Waals surface area contributed by atoms with E-state index in [9.17, 15) is 10.1 Å². The van der Waals surface area contributed by atoms with Gasteiger partial charge in [-0.05, 0) is 62.1 Å². The molecule has 0 amide bonds. The Hall–Kier alpha value is -2.96. The number of fused-ring (bicyclic) bond motifs is 1. The molecule has 2 aromatic rings. The lowest BCUT2D eigenvalue weighted by Crippen LogP contribution is -2.34. The highest BCUT2D eigenvalue weighted by molar-refractivity contribution is 7.71. The lowest BCUT2D eigenvalue weighted by molar-refractivity contribution is -0.384. The Morgan fingerprint density at radius 3 is 2.27 bits per heavy atom. The standard InChI is InChI=1S/C28H35N6O2P/c1-28(2)20-24-27(26(21-28)31-16-8-9-17-31)37(32-18-10-11-19-32,33(29-24)22-12-4-3-5-13-22)30-23-14-6-7-15-25(23)34(35)36/h3-7,12-15H,8-11,16-21H2,1-2H3. The van der Waals surface area contributed by atoms with Crippen LogP contribution in [0.4, 0.5) is 17.1 Å². The zero-order valence-electron chi connectivity index (χ0n) is 21.7. The summed E-state index contributed by atoms with van der Waals surface area (Å²) in [6.45, 7) is 8.62. The van der Waals surface area contributed by atoms with E-state index in [1.165, 1.54) is 23.9 Å². The van der Waals surface area contributed by atoms with E-state index in [1.54, 1.807) is 18.2 Å². The van der Waals surface area contributed by atoms with Crippen LogP contribution in [-0.2, 0) is 0 Å². The van der Waals surface area contributed by atoms with Crippen molar-refractivity contribution in [3.8, 4) is 0 Å². The number of nitro benzene ring substituents is 1. The predicted molar refractivity (Wildman–Crippen MR) is 150 cm³/mol. The number of benzene rings is 2. The Bertz CT molecular complexity index is 1320. The smallest absolute Gasteiger partial charge is 0.294 e. The van der Waals surface area contributed by atoms with Crippen molar-refractivity contribution < 1.29 is 4.92 Å². The Kier molecular flexibility index (Phi) is 6.20. The number of allylic oxidation sites excluding steroid dienone is 2. The van der Waals surface area contributed by atoms with Crippen LogP contribution in [0.3, 0.4) is 0 Å². The number of hydrazone groups is 1. The minimum absolute atomic E-state index is 0.0574. The monoisotopic (exact) mass is 518 g/mol. The Balaban J connectivity index is 1.71. The first kappa shape index (κ1) is 24.4. The summed E-state index contributed by atoms with van der Waals surface area (Å²) in [5.74, 6) is 0. The van der Waals surface area contributed by atoms with Crippen LogP contribution in [0.1, 0.15) is 52.4 Å². The lowest BCUT2D eigenvalue weighted by atomic mass is 9.78. The number of nitro groups is 1. The van der Waals surface area contributed by atoms with Crippen LogP contribution >= 0.6 is 7.36 Å². The van der Waals surface area contributed by atoms with E-state index in [-0.39, 0.29) is 16.0 Å². The quantitative estimate of drug-likeness (QED) is 0.235. The van der Waals surface area contributed by atoms with Gasteiger partial charge in [-0.1, -0.05) is 44.2 Å². The SMILES string of the molecule is CC1(C)CC2=NN(c3ccccc3)P(=Nc3ccccc3[N+](=O)[O-])(N3CCCC3)C2=C(N2CCCC2)C1. The third kappa shape index (κ3) is 4.20. The molecule has 0 saturated carbocycles. The normalized spacial score (nSPS) is 25.4. The van der Waals surface area contributed by atoms with E-state index in [0.717, 1.165) is 63.3 Å². The second kappa shape index (κ2) is 9.41. The first-order chi connectivity index (χ1) is 17.9. The van der Waals surface area contributed by atoms with Gasteiger partial charge in [0.15, 0.2) is 7.36 Å². The Morgan fingerprint density at radius 2 is 1.57 bits per heavy atom. The molecule has 1 aliphatic carbocycles. The molecule has 9 heteroatoms. The van der Waals surface area contributed by atoms with Gasteiger partial charge < -0.3 is 4.90 Å². The molecule has 3 heterocycles. The fourth-order valence-electron chi connectivity index (χ4n) is 6.28. The molecule has 6 rings (SSSR count). The molecule has 3 aliphatic heterocycles. The van der Waals surface area contributed by atoms with E-state index in [1.807, 2.05) is 24.3 Å². The molecule has 1 unspecified atom stereocenters. The van der Waals surface area contributed by atoms with Gasteiger partial charge in [0.05, 0.1) is 21.6 Å². The second-order valence-electron chi connectivity index (χ2n) is 11.3. The molecule has 4 aliphatic rings. The molecule has 0 bridgehead atoms. The zero-order chi connectivity index (χ0) is 25.6. The Morgan fingerprint density at radius 1 is 0.919 bits per heavy atom. The molecular weight excluding hydrogens is 483 g/mol. The Labute approximate surface area is 219 Å². The van der Waals surface area contributed by atoms with Crippen molar-refractivity contribution in [2.24, 2.45) is 15.3 Å². The topological polar surface area (TPSA) is 77.6 Å². The molecule has 0 N–H and O–H groups in total. The highest BCUT2D eigenvalue weighted by Gasteiger charge is 2.52. The van der Waals surface area contributed by atoms with Gasteiger partial charge >= 0.3 is 0 Å². The summed E-state index contributed by atoms with van der Waals surface area (Å²) in [7, 11) is -2.69. The summed E-state index contributed by atoms with van der Waals surface area (Å²) < 4.78 is 10.2. The number of rotatable bonds is 5. The fraction of sp³-hybridized carbons (Fsp3) is 0.464. The highest BCUT2D eigenvalue weighted by atomic mass is 31.2. The van der Waals surface area contributed by atoms with Crippen LogP contribution in [0.2, 0.25) is 0 Å². The highest BCUT2D eigenvalue weighted by Crippen LogP contribution is 2.73. The molecule has 37 heavy (non-hydrogen) atoms. The van der Waals surface area contributed by atoms with Crippen LogP contribution in [0.15, 0.2) is 75.5 Å². The van der Waals surface area contributed by atoms with E-state index in [4.69, 9.17) is 9.85 Å². The second-order valence-corrected chi connectivity index (χ2v) is 14.0. The number of anilines is 1. The molecule has 2 saturated heterocycles. The fourth-order valence-corrected chi connectivity index (χ4v) is 10.3. The summed E-state index contributed by atoms with van der Waals surface area (Å²) in [6, 6.07) is 17.3. The third-order valence-corrected chi connectivity index (χ3v) is 11.5. The van der Waals surface area contributed by atoms with Crippen molar-refractivity contribution in [1.29, 1.82) is 0 Å². The average molecular weight is 519 g/mol. The average Bonchev–Trinajstić information content (AvgIpc) is 3.65. The minimum Gasteiger partial charge on any atom is -0.374 e. The van der Waals surface area contributed by atoms with Crippen molar-refractivity contribution in [2.75, 3.05) is 31.0 Å². The lowest BCUT2D eigenvalue weighted by Gasteiger charge is -2.42. The van der Waals surface area contributed by atoms with E-state index in [2.05, 4.69) is 40.3 Å². The van der Waals surface area contributed by atoms with Gasteiger partial charge in [-0.15, -0.1) is 0 Å². The maximum absolute atomic E-state index is 12.1. The molecule has 1 atom stereocenters. The van der Waals surface area contributed by atoms with Crippen LogP contribution in [0.25, 0.3) is 0 Å². The minimum atomic E-state index is -2.69. The van der Waals surface area contributed by atoms with E-state index < -0.39 is 7.36 Å². The summed E-state index contributed by atoms with van der Waals surface area (Å²) in [6.07, 6.45) is 6.45. The van der Waals surface area contributed by atoms with Crippen LogP contribution in [-0.4, -0.2) is 46.4 Å². The van der Waals surface area contributed by atoms with Gasteiger partial charge in [-0.25, -0.2) is 14.2 Å². The summed E-state index contributed by atoms with van der Waals surface area (Å²) >= 11 is 0. The van der Waals surface area contributed by atoms with Gasteiger partial charge in [-0.2, -0.15) is 5.10 Å². The van der Waals surface area contributed by atoms with Gasteiger partial charge in [0.25, 0.3) is 5.69 Å². The molecule has 8 nitrogen and oxygen atoms in total. The summed E-state index contributed by atoms with van der Waals surface area (Å²) in [5.41, 5.74) is 4.08.